The number of benzene rings is 3. The molecule has 9 heteroatoms. The molecule has 0 radical (unpaired) electrons. The average molecular weight is 502 g/mol. The van der Waals surface area contributed by atoms with Crippen LogP contribution in [0.1, 0.15) is 30.0 Å². The summed E-state index contributed by atoms with van der Waals surface area (Å²) in [4.78, 5) is 28.9. The van der Waals surface area contributed by atoms with E-state index >= 15 is 4.39 Å². The highest BCUT2D eigenvalue weighted by atomic mass is 19.1. The maximum absolute atomic E-state index is 15.1. The lowest BCUT2D eigenvalue weighted by atomic mass is 10.0. The van der Waals surface area contributed by atoms with E-state index in [1.165, 1.54) is 15.6 Å². The van der Waals surface area contributed by atoms with E-state index < -0.39 is 17.8 Å². The lowest BCUT2D eigenvalue weighted by Gasteiger charge is -2.33. The quantitative estimate of drug-likeness (QED) is 0.378. The summed E-state index contributed by atoms with van der Waals surface area (Å²) in [7, 11) is 0. The van der Waals surface area contributed by atoms with Crippen molar-refractivity contribution in [2.24, 2.45) is 0 Å². The predicted octanol–water partition coefficient (Wildman–Crippen LogP) is 3.64. The average Bonchev–Trinajstić information content (AvgIpc) is 3.59. The van der Waals surface area contributed by atoms with Gasteiger partial charge in [0.15, 0.2) is 0 Å². The van der Waals surface area contributed by atoms with Crippen LogP contribution in [0.3, 0.4) is 0 Å². The molecule has 4 aromatic rings. The third-order valence-electron chi connectivity index (χ3n) is 6.52. The molecule has 2 amide bonds. The summed E-state index contributed by atoms with van der Waals surface area (Å²) in [6.07, 6.45) is 1.38. The van der Waals surface area contributed by atoms with Crippen LogP contribution in [0.4, 0.5) is 4.39 Å². The highest BCUT2D eigenvalue weighted by Crippen LogP contribution is 2.27. The fourth-order valence-electron chi connectivity index (χ4n) is 4.64. The van der Waals surface area contributed by atoms with Crippen molar-refractivity contribution in [1.29, 1.82) is 0 Å². The van der Waals surface area contributed by atoms with E-state index in [0.717, 1.165) is 18.4 Å². The monoisotopic (exact) mass is 501 g/mol. The van der Waals surface area contributed by atoms with Crippen LogP contribution in [0.15, 0.2) is 78.9 Å². The number of rotatable bonds is 9. The summed E-state index contributed by atoms with van der Waals surface area (Å²) in [6, 6.07) is 21.6. The van der Waals surface area contributed by atoms with Crippen molar-refractivity contribution < 1.29 is 18.7 Å². The Hall–Kier alpha value is -4.11. The molecule has 3 aromatic carbocycles. The first-order valence-electron chi connectivity index (χ1n) is 12.4. The smallest absolute Gasteiger partial charge is 0.247 e. The number of carbonyl (C=O) groups is 2. The van der Waals surface area contributed by atoms with Gasteiger partial charge in [0.1, 0.15) is 23.9 Å². The lowest BCUT2D eigenvalue weighted by molar-refractivity contribution is -0.143. The minimum absolute atomic E-state index is 0.128. The van der Waals surface area contributed by atoms with E-state index in [4.69, 9.17) is 4.74 Å². The number of halogens is 1. The zero-order valence-electron chi connectivity index (χ0n) is 20.3. The number of ether oxygens (including phenoxy) is 1. The largest absolute Gasteiger partial charge is 0.376 e. The van der Waals surface area contributed by atoms with E-state index in [1.54, 1.807) is 18.2 Å². The van der Waals surface area contributed by atoms with Gasteiger partial charge in [0.25, 0.3) is 0 Å². The second-order valence-electron chi connectivity index (χ2n) is 9.04. The van der Waals surface area contributed by atoms with Gasteiger partial charge in [0.2, 0.25) is 11.8 Å². The molecule has 2 atom stereocenters. The third-order valence-corrected chi connectivity index (χ3v) is 6.52. The van der Waals surface area contributed by atoms with Gasteiger partial charge in [0.05, 0.1) is 11.6 Å². The first-order chi connectivity index (χ1) is 18.1. The molecule has 1 saturated heterocycles. The highest BCUT2D eigenvalue weighted by molar-refractivity contribution is 5.89. The Kier molecular flexibility index (Phi) is 7.51. The normalized spacial score (nSPS) is 16.0. The van der Waals surface area contributed by atoms with Crippen LogP contribution in [-0.2, 0) is 27.4 Å². The number of carbonyl (C=O) groups excluding carboxylic acids is 2. The minimum Gasteiger partial charge on any atom is -0.376 e. The molecule has 1 aromatic heterocycles. The van der Waals surface area contributed by atoms with Gasteiger partial charge in [-0.1, -0.05) is 65.9 Å². The van der Waals surface area contributed by atoms with E-state index in [0.29, 0.717) is 17.6 Å². The van der Waals surface area contributed by atoms with Crippen LogP contribution in [-0.4, -0.2) is 51.0 Å². The lowest BCUT2D eigenvalue weighted by Crippen LogP contribution is -2.48. The Labute approximate surface area is 214 Å². The number of nitrogens with one attached hydrogen (secondary N) is 1. The van der Waals surface area contributed by atoms with E-state index in [-0.39, 0.29) is 37.2 Å². The zero-order valence-corrected chi connectivity index (χ0v) is 20.3. The summed E-state index contributed by atoms with van der Waals surface area (Å²) in [5, 5.41) is 11.2. The molecule has 190 valence electrons. The van der Waals surface area contributed by atoms with Crippen molar-refractivity contribution in [2.45, 2.75) is 38.1 Å². The number of hydrogen-bond donors (Lipinski definition) is 1. The number of amides is 2. The van der Waals surface area contributed by atoms with E-state index in [1.807, 2.05) is 54.6 Å². The molecule has 0 unspecified atom stereocenters. The number of hydrogen-bond acceptors (Lipinski definition) is 5. The van der Waals surface area contributed by atoms with Crippen molar-refractivity contribution in [1.82, 2.24) is 25.2 Å². The molecule has 0 aliphatic carbocycles. The number of nitrogens with zero attached hydrogens (tertiary/aromatic N) is 4. The van der Waals surface area contributed by atoms with Crippen molar-refractivity contribution in [3.05, 3.63) is 95.8 Å². The molecule has 1 aliphatic heterocycles. The van der Waals surface area contributed by atoms with Gasteiger partial charge < -0.3 is 15.0 Å². The standard InChI is InChI=1S/C28H28FN5O3/c29-23-13-5-4-12-22(23)27(28(36)30-17-20-9-2-1-3-10-20)33(18-21-11-8-16-37-21)26(35)19-34-25-15-7-6-14-24(25)31-32-34/h1-7,9-10,12-15,21,27H,8,11,16-19H2,(H,30,36)/t21-,27+/m1/s1. The van der Waals surface area contributed by atoms with Gasteiger partial charge in [-0.3, -0.25) is 9.59 Å². The molecule has 1 fully saturated rings. The maximum Gasteiger partial charge on any atom is 0.247 e. The molecular formula is C28H28FN5O3. The second-order valence-corrected chi connectivity index (χ2v) is 9.04. The third kappa shape index (κ3) is 5.67. The molecule has 0 bridgehead atoms. The molecule has 1 aliphatic rings. The number of fused-ring (bicyclic) bond motifs is 1. The molecular weight excluding hydrogens is 473 g/mol. The molecule has 37 heavy (non-hydrogen) atoms. The summed E-state index contributed by atoms with van der Waals surface area (Å²) in [6.45, 7) is 0.846. The van der Waals surface area contributed by atoms with Crippen LogP contribution < -0.4 is 5.32 Å². The number of para-hydroxylation sites is 1. The Morgan fingerprint density at radius 1 is 1.05 bits per heavy atom. The zero-order chi connectivity index (χ0) is 25.6. The minimum atomic E-state index is -1.18. The van der Waals surface area contributed by atoms with E-state index in [9.17, 15) is 9.59 Å². The van der Waals surface area contributed by atoms with Crippen LogP contribution in [0.25, 0.3) is 11.0 Å². The molecule has 2 heterocycles. The number of aromatic nitrogens is 3. The SMILES string of the molecule is O=C(NCc1ccccc1)[C@H](c1ccccc1F)N(C[C@H]1CCCO1)C(=O)Cn1nnc2ccccc21. The van der Waals surface area contributed by atoms with Gasteiger partial charge in [-0.2, -0.15) is 0 Å². The predicted molar refractivity (Wildman–Crippen MR) is 136 cm³/mol. The van der Waals surface area contributed by atoms with Gasteiger partial charge in [-0.15, -0.1) is 5.10 Å². The first kappa shape index (κ1) is 24.6. The molecule has 0 saturated carbocycles. The fraction of sp³-hybridized carbons (Fsp3) is 0.286. The molecule has 1 N–H and O–H groups in total. The Balaban J connectivity index is 1.48. The van der Waals surface area contributed by atoms with E-state index in [2.05, 4.69) is 15.6 Å². The van der Waals surface area contributed by atoms with Gasteiger partial charge in [-0.25, -0.2) is 9.07 Å². The summed E-state index contributed by atoms with van der Waals surface area (Å²) < 4.78 is 22.4. The van der Waals surface area contributed by atoms with Crippen molar-refractivity contribution in [2.75, 3.05) is 13.2 Å². The first-order valence-corrected chi connectivity index (χ1v) is 12.4. The van der Waals surface area contributed by atoms with Crippen LogP contribution in [0, 0.1) is 5.82 Å². The van der Waals surface area contributed by atoms with Crippen LogP contribution >= 0.6 is 0 Å². The summed E-state index contributed by atoms with van der Waals surface area (Å²) >= 11 is 0. The molecule has 0 spiro atoms. The van der Waals surface area contributed by atoms with Crippen LogP contribution in [0.2, 0.25) is 0 Å². The van der Waals surface area contributed by atoms with Crippen LogP contribution in [0.5, 0.6) is 0 Å². The summed E-state index contributed by atoms with van der Waals surface area (Å²) in [5.41, 5.74) is 2.38. The maximum atomic E-state index is 15.1. The molecule has 8 nitrogen and oxygen atoms in total. The topological polar surface area (TPSA) is 89.4 Å². The van der Waals surface area contributed by atoms with Gasteiger partial charge in [-0.05, 0) is 36.6 Å². The fourth-order valence-corrected chi connectivity index (χ4v) is 4.64. The van der Waals surface area contributed by atoms with Gasteiger partial charge in [0, 0.05) is 25.3 Å². The molecule has 5 rings (SSSR count). The Morgan fingerprint density at radius 2 is 1.81 bits per heavy atom. The van der Waals surface area contributed by atoms with Crippen molar-refractivity contribution >= 4 is 22.8 Å². The Morgan fingerprint density at radius 3 is 2.59 bits per heavy atom. The Bertz CT molecular complexity index is 1370. The van der Waals surface area contributed by atoms with Crippen molar-refractivity contribution in [3.63, 3.8) is 0 Å². The van der Waals surface area contributed by atoms with Gasteiger partial charge >= 0.3 is 0 Å². The van der Waals surface area contributed by atoms with Crippen molar-refractivity contribution in [3.8, 4) is 0 Å². The summed E-state index contributed by atoms with van der Waals surface area (Å²) in [5.74, 6) is -1.41. The highest BCUT2D eigenvalue weighted by Gasteiger charge is 2.36. The second kappa shape index (κ2) is 11.3.